The zero-order chi connectivity index (χ0) is 13.2. The number of nitrogens with zero attached hydrogens (tertiary/aromatic N) is 3. The van der Waals surface area contributed by atoms with Gasteiger partial charge in [-0.15, -0.1) is 0 Å². The van der Waals surface area contributed by atoms with Crippen molar-refractivity contribution in [3.63, 3.8) is 0 Å². The van der Waals surface area contributed by atoms with E-state index in [1.54, 1.807) is 0 Å². The molecule has 0 aliphatic heterocycles. The number of hydrogen-bond donors (Lipinski definition) is 1. The van der Waals surface area contributed by atoms with Crippen LogP contribution in [0.25, 0.3) is 22.6 Å². The number of anilines is 1. The summed E-state index contributed by atoms with van der Waals surface area (Å²) in [5.41, 5.74) is 6.41. The van der Waals surface area contributed by atoms with Crippen LogP contribution in [-0.2, 0) is 0 Å². The number of hydrogen-bond acceptors (Lipinski definition) is 6. The molecule has 0 spiro atoms. The number of nitrogen functional groups attached to an aromatic ring is 1. The van der Waals surface area contributed by atoms with Crippen molar-refractivity contribution in [3.05, 3.63) is 30.3 Å². The molecule has 96 valence electrons. The van der Waals surface area contributed by atoms with Crippen molar-refractivity contribution in [2.24, 2.45) is 0 Å². The highest BCUT2D eigenvalue weighted by atomic mass is 16.5. The second kappa shape index (κ2) is 4.56. The monoisotopic (exact) mass is 256 g/mol. The smallest absolute Gasteiger partial charge is 0.321 e. The summed E-state index contributed by atoms with van der Waals surface area (Å²) in [6.07, 6.45) is 0. The van der Waals surface area contributed by atoms with Gasteiger partial charge in [-0.2, -0.15) is 15.0 Å². The zero-order valence-corrected chi connectivity index (χ0v) is 10.3. The van der Waals surface area contributed by atoms with Gasteiger partial charge in [-0.25, -0.2) is 0 Å². The molecule has 3 rings (SSSR count). The van der Waals surface area contributed by atoms with E-state index in [1.807, 2.05) is 37.3 Å². The number of furan rings is 1. The summed E-state index contributed by atoms with van der Waals surface area (Å²) < 4.78 is 10.9. The molecule has 0 radical (unpaired) electrons. The van der Waals surface area contributed by atoms with Gasteiger partial charge in [0.05, 0.1) is 6.61 Å². The third-order valence-corrected chi connectivity index (χ3v) is 2.55. The third-order valence-electron chi connectivity index (χ3n) is 2.55. The van der Waals surface area contributed by atoms with Gasteiger partial charge >= 0.3 is 6.01 Å². The molecule has 6 heteroatoms. The van der Waals surface area contributed by atoms with Crippen LogP contribution in [0.2, 0.25) is 0 Å². The predicted molar refractivity (Wildman–Crippen MR) is 70.6 cm³/mol. The van der Waals surface area contributed by atoms with Crippen molar-refractivity contribution in [1.29, 1.82) is 0 Å². The summed E-state index contributed by atoms with van der Waals surface area (Å²) in [6.45, 7) is 2.31. The molecule has 0 saturated carbocycles. The highest BCUT2D eigenvalue weighted by molar-refractivity contribution is 5.81. The molecule has 0 bridgehead atoms. The van der Waals surface area contributed by atoms with Gasteiger partial charge in [0.1, 0.15) is 5.58 Å². The van der Waals surface area contributed by atoms with Crippen molar-refractivity contribution >= 4 is 16.9 Å². The van der Waals surface area contributed by atoms with Crippen LogP contribution in [-0.4, -0.2) is 21.6 Å². The summed E-state index contributed by atoms with van der Waals surface area (Å²) in [7, 11) is 0. The quantitative estimate of drug-likeness (QED) is 0.773. The van der Waals surface area contributed by atoms with Crippen molar-refractivity contribution in [2.75, 3.05) is 12.3 Å². The standard InChI is InChI=1S/C13H12N4O2/c1-2-18-13-16-11(15-12(14)17-13)10-7-8-5-3-4-6-9(8)19-10/h3-7H,2H2,1H3,(H2,14,15,16,17). The number of fused-ring (bicyclic) bond motifs is 1. The highest BCUT2D eigenvalue weighted by Crippen LogP contribution is 2.26. The van der Waals surface area contributed by atoms with E-state index in [1.165, 1.54) is 0 Å². The first-order chi connectivity index (χ1) is 9.26. The van der Waals surface area contributed by atoms with Crippen molar-refractivity contribution in [3.8, 4) is 17.6 Å². The minimum Gasteiger partial charge on any atom is -0.464 e. The van der Waals surface area contributed by atoms with Gasteiger partial charge in [0.15, 0.2) is 5.76 Å². The average molecular weight is 256 g/mol. The maximum absolute atomic E-state index is 5.68. The Balaban J connectivity index is 2.09. The molecule has 0 amide bonds. The van der Waals surface area contributed by atoms with E-state index in [2.05, 4.69) is 15.0 Å². The van der Waals surface area contributed by atoms with Crippen LogP contribution in [0.5, 0.6) is 6.01 Å². The maximum atomic E-state index is 5.68. The lowest BCUT2D eigenvalue weighted by Gasteiger charge is -2.02. The molecule has 0 saturated heterocycles. The molecule has 1 aromatic carbocycles. The Morgan fingerprint density at radius 2 is 2.05 bits per heavy atom. The molecule has 2 heterocycles. The van der Waals surface area contributed by atoms with E-state index in [0.717, 1.165) is 11.0 Å². The van der Waals surface area contributed by atoms with Gasteiger partial charge in [-0.05, 0) is 19.1 Å². The Morgan fingerprint density at radius 1 is 1.21 bits per heavy atom. The summed E-state index contributed by atoms with van der Waals surface area (Å²) >= 11 is 0. The predicted octanol–water partition coefficient (Wildman–Crippen LogP) is 2.27. The second-order valence-electron chi connectivity index (χ2n) is 3.88. The highest BCUT2D eigenvalue weighted by Gasteiger charge is 2.12. The fourth-order valence-corrected chi connectivity index (χ4v) is 1.77. The van der Waals surface area contributed by atoms with Gasteiger partial charge < -0.3 is 14.9 Å². The second-order valence-corrected chi connectivity index (χ2v) is 3.88. The van der Waals surface area contributed by atoms with Crippen LogP contribution in [0.1, 0.15) is 6.92 Å². The summed E-state index contributed by atoms with van der Waals surface area (Å²) in [4.78, 5) is 12.1. The number of ether oxygens (including phenoxy) is 1. The van der Waals surface area contributed by atoms with Crippen molar-refractivity contribution in [2.45, 2.75) is 6.92 Å². The van der Waals surface area contributed by atoms with E-state index >= 15 is 0 Å². The van der Waals surface area contributed by atoms with Crippen molar-refractivity contribution < 1.29 is 9.15 Å². The summed E-state index contributed by atoms with van der Waals surface area (Å²) in [5, 5.41) is 0.981. The first-order valence-corrected chi connectivity index (χ1v) is 5.89. The van der Waals surface area contributed by atoms with E-state index in [-0.39, 0.29) is 12.0 Å². The lowest BCUT2D eigenvalue weighted by Crippen LogP contribution is -2.04. The normalized spacial score (nSPS) is 10.8. The van der Waals surface area contributed by atoms with E-state index in [0.29, 0.717) is 18.2 Å². The largest absolute Gasteiger partial charge is 0.464 e. The van der Waals surface area contributed by atoms with Gasteiger partial charge in [0.2, 0.25) is 11.8 Å². The van der Waals surface area contributed by atoms with Crippen LogP contribution in [0, 0.1) is 0 Å². The lowest BCUT2D eigenvalue weighted by molar-refractivity contribution is 0.312. The van der Waals surface area contributed by atoms with Gasteiger partial charge in [-0.1, -0.05) is 18.2 Å². The molecule has 0 unspecified atom stereocenters. The molecule has 2 aromatic heterocycles. The first-order valence-electron chi connectivity index (χ1n) is 5.89. The number of para-hydroxylation sites is 1. The SMILES string of the molecule is CCOc1nc(N)nc(-c2cc3ccccc3o2)n1. The summed E-state index contributed by atoms with van der Waals surface area (Å²) in [6, 6.07) is 9.74. The van der Waals surface area contributed by atoms with Crippen LogP contribution in [0.4, 0.5) is 5.95 Å². The van der Waals surface area contributed by atoms with E-state index < -0.39 is 0 Å². The zero-order valence-electron chi connectivity index (χ0n) is 10.3. The minimum absolute atomic E-state index is 0.105. The number of rotatable bonds is 3. The molecule has 0 atom stereocenters. The molecule has 3 aromatic rings. The number of aromatic nitrogens is 3. The summed E-state index contributed by atoms with van der Waals surface area (Å²) in [5.74, 6) is 1.01. The Hall–Kier alpha value is -2.63. The molecule has 19 heavy (non-hydrogen) atoms. The van der Waals surface area contributed by atoms with Crippen LogP contribution in [0.3, 0.4) is 0 Å². The Kier molecular flexibility index (Phi) is 2.75. The fraction of sp³-hybridized carbons (Fsp3) is 0.154. The molecule has 0 aliphatic rings. The molecule has 6 nitrogen and oxygen atoms in total. The number of benzene rings is 1. The maximum Gasteiger partial charge on any atom is 0.321 e. The Morgan fingerprint density at radius 3 is 2.84 bits per heavy atom. The Labute approximate surface area is 109 Å². The van der Waals surface area contributed by atoms with E-state index in [4.69, 9.17) is 14.9 Å². The molecule has 2 N–H and O–H groups in total. The third kappa shape index (κ3) is 2.20. The number of nitrogens with two attached hydrogens (primary N) is 1. The van der Waals surface area contributed by atoms with Gasteiger partial charge in [-0.3, -0.25) is 0 Å². The molecular weight excluding hydrogens is 244 g/mol. The minimum atomic E-state index is 0.105. The Bertz CT molecular complexity index is 690. The van der Waals surface area contributed by atoms with Crippen LogP contribution >= 0.6 is 0 Å². The van der Waals surface area contributed by atoms with Gasteiger partial charge in [0.25, 0.3) is 0 Å². The molecule has 0 aliphatic carbocycles. The topological polar surface area (TPSA) is 87.1 Å². The van der Waals surface area contributed by atoms with E-state index in [9.17, 15) is 0 Å². The lowest BCUT2D eigenvalue weighted by atomic mass is 10.2. The van der Waals surface area contributed by atoms with Gasteiger partial charge in [0, 0.05) is 5.39 Å². The fourth-order valence-electron chi connectivity index (χ4n) is 1.77. The van der Waals surface area contributed by atoms with Crippen LogP contribution < -0.4 is 10.5 Å². The van der Waals surface area contributed by atoms with Crippen LogP contribution in [0.15, 0.2) is 34.7 Å². The first kappa shape index (κ1) is 11.5. The molecular formula is C13H12N4O2. The van der Waals surface area contributed by atoms with Crippen molar-refractivity contribution in [1.82, 2.24) is 15.0 Å². The molecule has 0 fully saturated rings. The average Bonchev–Trinajstić information content (AvgIpc) is 2.82.